The minimum absolute atomic E-state index is 0.0234. The molecule has 4 rings (SSSR count). The number of carbonyl (C=O) groups excluding carboxylic acids is 1. The molecule has 2 aromatic carbocycles. The van der Waals surface area contributed by atoms with Gasteiger partial charge in [-0.05, 0) is 29.8 Å². The number of para-hydroxylation sites is 2. The molecule has 0 saturated carbocycles. The van der Waals surface area contributed by atoms with Crippen LogP contribution in [0.5, 0.6) is 17.2 Å². The molecule has 1 unspecified atom stereocenters. The molecule has 1 aliphatic rings. The van der Waals surface area contributed by atoms with Gasteiger partial charge < -0.3 is 20.3 Å². The van der Waals surface area contributed by atoms with Crippen molar-refractivity contribution in [3.05, 3.63) is 59.7 Å². The minimum Gasteiger partial charge on any atom is -0.508 e. The third kappa shape index (κ3) is 4.02. The third-order valence-corrected chi connectivity index (χ3v) is 5.77. The van der Waals surface area contributed by atoms with E-state index in [9.17, 15) is 20.4 Å². The average Bonchev–Trinajstić information content (AvgIpc) is 2.81. The summed E-state index contributed by atoms with van der Waals surface area (Å²) in [5.74, 6) is 0.704. The number of benzene rings is 2. The molecule has 8 nitrogen and oxygen atoms in total. The van der Waals surface area contributed by atoms with Crippen molar-refractivity contribution in [2.75, 3.05) is 18.1 Å². The number of phenolic OH excluding ortho intramolecular Hbond substituents is 1. The Morgan fingerprint density at radius 1 is 1.16 bits per heavy atom. The first kappa shape index (κ1) is 21.0. The Morgan fingerprint density at radius 2 is 1.91 bits per heavy atom. The molecule has 0 fully saturated rings. The fraction of sp³-hybridized carbons (Fsp3) is 0.130. The summed E-state index contributed by atoms with van der Waals surface area (Å²) in [5.41, 5.74) is 6.83. The van der Waals surface area contributed by atoms with Crippen molar-refractivity contribution in [1.29, 1.82) is 10.5 Å². The van der Waals surface area contributed by atoms with Gasteiger partial charge in [0.25, 0.3) is 0 Å². The van der Waals surface area contributed by atoms with E-state index in [1.165, 1.54) is 12.1 Å². The van der Waals surface area contributed by atoms with E-state index in [0.29, 0.717) is 17.1 Å². The number of nitrogen functional groups attached to an aromatic ring is 1. The number of aromatic nitrogens is 1. The van der Waals surface area contributed by atoms with Crippen molar-refractivity contribution >= 4 is 23.4 Å². The Morgan fingerprint density at radius 3 is 2.62 bits per heavy atom. The largest absolute Gasteiger partial charge is 0.508 e. The van der Waals surface area contributed by atoms with Gasteiger partial charge in [-0.25, -0.2) is 4.98 Å². The Bertz CT molecular complexity index is 1300. The van der Waals surface area contributed by atoms with Crippen molar-refractivity contribution in [3.8, 4) is 40.5 Å². The highest BCUT2D eigenvalue weighted by atomic mass is 32.2. The number of thioether (sulfide) groups is 1. The minimum atomic E-state index is -0.788. The third-order valence-electron chi connectivity index (χ3n) is 4.77. The topological polar surface area (TPSA) is 142 Å². The molecule has 3 aromatic rings. The van der Waals surface area contributed by atoms with Crippen LogP contribution in [0.25, 0.3) is 11.1 Å². The average molecular weight is 444 g/mol. The van der Waals surface area contributed by atoms with Crippen molar-refractivity contribution in [3.63, 3.8) is 0 Å². The van der Waals surface area contributed by atoms with Crippen LogP contribution in [0, 0.1) is 22.7 Å². The first-order valence-corrected chi connectivity index (χ1v) is 10.5. The van der Waals surface area contributed by atoms with Crippen LogP contribution in [0.4, 0.5) is 5.82 Å². The number of phenols is 1. The number of pyridine rings is 1. The maximum absolute atomic E-state index is 12.7. The number of nitrogens with zero attached hydrogens (tertiary/aromatic N) is 3. The zero-order valence-electron chi connectivity index (χ0n) is 16.6. The van der Waals surface area contributed by atoms with Gasteiger partial charge in [0.2, 0.25) is 0 Å². The summed E-state index contributed by atoms with van der Waals surface area (Å²) in [5, 5.41) is 29.5. The molecule has 3 N–H and O–H groups in total. The fourth-order valence-electron chi connectivity index (χ4n) is 3.26. The van der Waals surface area contributed by atoms with E-state index in [-0.39, 0.29) is 51.4 Å². The number of aromatic hydroxyl groups is 1. The van der Waals surface area contributed by atoms with Crippen molar-refractivity contribution in [2.45, 2.75) is 11.1 Å². The lowest BCUT2D eigenvalue weighted by Crippen LogP contribution is -2.37. The highest BCUT2D eigenvalue weighted by Crippen LogP contribution is 2.37. The van der Waals surface area contributed by atoms with Gasteiger partial charge in [-0.3, -0.25) is 4.79 Å². The Balaban J connectivity index is 1.61. The van der Waals surface area contributed by atoms with Gasteiger partial charge in [-0.1, -0.05) is 36.0 Å². The maximum atomic E-state index is 12.7. The predicted octanol–water partition coefficient (Wildman–Crippen LogP) is 3.28. The summed E-state index contributed by atoms with van der Waals surface area (Å²) in [6.07, 6.45) is -0.788. The van der Waals surface area contributed by atoms with Crippen molar-refractivity contribution in [2.24, 2.45) is 0 Å². The second-order valence-electron chi connectivity index (χ2n) is 6.82. The van der Waals surface area contributed by atoms with E-state index in [0.717, 1.165) is 11.8 Å². The van der Waals surface area contributed by atoms with Crippen LogP contribution in [0.3, 0.4) is 0 Å². The monoisotopic (exact) mass is 444 g/mol. The summed E-state index contributed by atoms with van der Waals surface area (Å²) < 4.78 is 11.3. The number of nitriles is 2. The first-order valence-electron chi connectivity index (χ1n) is 9.49. The first-order chi connectivity index (χ1) is 15.5. The second-order valence-corrected chi connectivity index (χ2v) is 7.78. The molecule has 1 aromatic heterocycles. The van der Waals surface area contributed by atoms with Gasteiger partial charge in [0.1, 0.15) is 40.9 Å². The summed E-state index contributed by atoms with van der Waals surface area (Å²) in [6, 6.07) is 17.3. The molecule has 1 aliphatic heterocycles. The smallest absolute Gasteiger partial charge is 0.191 e. The highest BCUT2D eigenvalue weighted by Gasteiger charge is 2.28. The van der Waals surface area contributed by atoms with Crippen molar-refractivity contribution < 1.29 is 19.4 Å². The number of Topliss-reactive ketones (excluding diaryl/α,β-unsaturated/α-hetero) is 1. The van der Waals surface area contributed by atoms with Crippen LogP contribution in [-0.4, -0.2) is 34.3 Å². The number of anilines is 1. The van der Waals surface area contributed by atoms with Gasteiger partial charge >= 0.3 is 0 Å². The summed E-state index contributed by atoms with van der Waals surface area (Å²) in [4.78, 5) is 16.9. The molecule has 0 radical (unpaired) electrons. The standard InChI is InChI=1S/C23H16N4O4S/c24-9-15-21(13-4-3-5-14(28)8-13)16(10-25)23(27-22(15)26)32-12-17(29)20-11-30-18-6-1-2-7-19(18)31-20/h1-8,20,28H,11-12H2,(H2,26,27). The van der Waals surface area contributed by atoms with E-state index in [1.807, 2.05) is 12.1 Å². The van der Waals surface area contributed by atoms with Crippen molar-refractivity contribution in [1.82, 2.24) is 4.98 Å². The molecular weight excluding hydrogens is 428 g/mol. The van der Waals surface area contributed by atoms with Gasteiger partial charge in [0.15, 0.2) is 23.4 Å². The number of rotatable bonds is 5. The summed E-state index contributed by atoms with van der Waals surface area (Å²) in [6.45, 7) is 0.0823. The van der Waals surface area contributed by atoms with Gasteiger partial charge in [-0.15, -0.1) is 0 Å². The number of ketones is 1. The second kappa shape index (κ2) is 8.88. The quantitative estimate of drug-likeness (QED) is 0.567. The predicted molar refractivity (Wildman–Crippen MR) is 117 cm³/mol. The zero-order chi connectivity index (χ0) is 22.7. The van der Waals surface area contributed by atoms with E-state index in [4.69, 9.17) is 15.2 Å². The highest BCUT2D eigenvalue weighted by molar-refractivity contribution is 8.00. The van der Waals surface area contributed by atoms with E-state index >= 15 is 0 Å². The van der Waals surface area contributed by atoms with Gasteiger partial charge in [0.05, 0.1) is 11.3 Å². The molecule has 1 atom stereocenters. The van der Waals surface area contributed by atoms with Crippen LogP contribution in [0.1, 0.15) is 11.1 Å². The maximum Gasteiger partial charge on any atom is 0.191 e. The Hall–Kier alpha value is -4.21. The van der Waals surface area contributed by atoms with Crippen LogP contribution in [0.15, 0.2) is 53.6 Å². The zero-order valence-corrected chi connectivity index (χ0v) is 17.4. The van der Waals surface area contributed by atoms with Gasteiger partial charge in [-0.2, -0.15) is 10.5 Å². The molecule has 0 bridgehead atoms. The van der Waals surface area contributed by atoms with E-state index in [1.54, 1.807) is 30.3 Å². The summed E-state index contributed by atoms with van der Waals surface area (Å²) >= 11 is 1.03. The fourth-order valence-corrected chi connectivity index (χ4v) is 4.18. The molecule has 0 spiro atoms. The lowest BCUT2D eigenvalue weighted by atomic mass is 9.97. The van der Waals surface area contributed by atoms with Crippen LogP contribution >= 0.6 is 11.8 Å². The molecule has 32 heavy (non-hydrogen) atoms. The van der Waals surface area contributed by atoms with E-state index < -0.39 is 6.10 Å². The molecule has 0 aliphatic carbocycles. The van der Waals surface area contributed by atoms with E-state index in [2.05, 4.69) is 11.1 Å². The van der Waals surface area contributed by atoms with Gasteiger partial charge in [0, 0.05) is 5.56 Å². The van der Waals surface area contributed by atoms with Crippen LogP contribution in [-0.2, 0) is 4.79 Å². The normalized spacial score (nSPS) is 14.2. The van der Waals surface area contributed by atoms with Crippen LogP contribution in [0.2, 0.25) is 0 Å². The molecular formula is C23H16N4O4S. The molecule has 0 amide bonds. The summed E-state index contributed by atoms with van der Waals surface area (Å²) in [7, 11) is 0. The Labute approximate surface area is 187 Å². The number of ether oxygens (including phenoxy) is 2. The Kier molecular flexibility index (Phi) is 5.84. The number of fused-ring (bicyclic) bond motifs is 1. The lowest BCUT2D eigenvalue weighted by molar-refractivity contribution is -0.125. The lowest BCUT2D eigenvalue weighted by Gasteiger charge is -2.25. The number of nitrogens with two attached hydrogens (primary N) is 1. The number of hydrogen-bond donors (Lipinski definition) is 2. The molecule has 0 saturated heterocycles. The SMILES string of the molecule is N#Cc1c(N)nc(SCC(=O)C2COc3ccccc3O2)c(C#N)c1-c1cccc(O)c1. The number of carbonyl (C=O) groups is 1. The molecule has 9 heteroatoms. The molecule has 158 valence electrons. The molecule has 2 heterocycles. The van der Waals surface area contributed by atoms with Crippen LogP contribution < -0.4 is 15.2 Å². The number of hydrogen-bond acceptors (Lipinski definition) is 9.